The molecule has 0 saturated carbocycles. The van der Waals surface area contributed by atoms with E-state index in [9.17, 15) is 4.79 Å². The fraction of sp³-hybridized carbons (Fsp3) is 0.167. The maximum absolute atomic E-state index is 13.4. The summed E-state index contributed by atoms with van der Waals surface area (Å²) in [5.41, 5.74) is 2.52. The molecule has 3 aliphatic rings. The van der Waals surface area contributed by atoms with Crippen LogP contribution >= 0.6 is 23.2 Å². The molecule has 3 heterocycles. The van der Waals surface area contributed by atoms with Crippen molar-refractivity contribution in [2.45, 2.75) is 18.2 Å². The van der Waals surface area contributed by atoms with Crippen LogP contribution in [0.5, 0.6) is 11.5 Å². The van der Waals surface area contributed by atoms with Gasteiger partial charge in [-0.1, -0.05) is 23.2 Å². The van der Waals surface area contributed by atoms with Crippen LogP contribution in [0.2, 0.25) is 10.0 Å². The average Bonchev–Trinajstić information content (AvgIpc) is 3.36. The zero-order valence-corrected chi connectivity index (χ0v) is 18.4. The normalized spacial score (nSPS) is 22.6. The van der Waals surface area contributed by atoms with Crippen LogP contribution in [-0.4, -0.2) is 23.7 Å². The Labute approximate surface area is 194 Å². The molecule has 0 saturated heterocycles. The summed E-state index contributed by atoms with van der Waals surface area (Å²) in [7, 11) is 1.63. The predicted octanol–water partition coefficient (Wildman–Crippen LogP) is 5.35. The summed E-state index contributed by atoms with van der Waals surface area (Å²) in [6.07, 6.45) is 0.591. The fourth-order valence-electron chi connectivity index (χ4n) is 4.64. The van der Waals surface area contributed by atoms with Crippen LogP contribution in [0.1, 0.15) is 29.2 Å². The number of methoxy groups -OCH3 is 1. The zero-order chi connectivity index (χ0) is 22.0. The largest absolute Gasteiger partial charge is 0.497 e. The Hall–Kier alpha value is -3.22. The van der Waals surface area contributed by atoms with Crippen molar-refractivity contribution in [2.24, 2.45) is 5.10 Å². The van der Waals surface area contributed by atoms with Gasteiger partial charge in [0.15, 0.2) is 0 Å². The maximum Gasteiger partial charge on any atom is 0.306 e. The lowest BCUT2D eigenvalue weighted by molar-refractivity contribution is -0.161. The van der Waals surface area contributed by atoms with E-state index in [1.165, 1.54) is 0 Å². The van der Waals surface area contributed by atoms with Crippen molar-refractivity contribution >= 4 is 40.5 Å². The number of hydrogen-bond donors (Lipinski definition) is 1. The Morgan fingerprint density at radius 1 is 1.09 bits per heavy atom. The number of halogens is 2. The monoisotopic (exact) mass is 465 g/mol. The van der Waals surface area contributed by atoms with Gasteiger partial charge < -0.3 is 14.8 Å². The SMILES string of the molecule is COc1ccc(C2=NN3[C@H](C2)c2cc(Cl)ccc2O[C@]32C(=O)Nc3ccc(Cl)cc32)cc1. The van der Waals surface area contributed by atoms with E-state index in [-0.39, 0.29) is 11.9 Å². The molecule has 0 bridgehead atoms. The highest BCUT2D eigenvalue weighted by atomic mass is 35.5. The smallest absolute Gasteiger partial charge is 0.306 e. The van der Waals surface area contributed by atoms with Gasteiger partial charge in [0.1, 0.15) is 11.5 Å². The van der Waals surface area contributed by atoms with Gasteiger partial charge in [-0.15, -0.1) is 0 Å². The molecule has 1 N–H and O–H groups in total. The number of nitrogens with zero attached hydrogens (tertiary/aromatic N) is 2. The Kier molecular flexibility index (Phi) is 4.19. The standard InChI is InChI=1S/C24H17Cl2N3O3/c1-31-16-6-2-13(3-7-16)20-12-21-17-10-14(25)5-9-22(17)32-24(29(21)28-20)18-11-15(26)4-8-19(18)27-23(24)30/h2-11,21H,12H2,1H3,(H,27,30)/t21-,24-/m1/s1. The third-order valence-electron chi connectivity index (χ3n) is 6.15. The van der Waals surface area contributed by atoms with Crippen molar-refractivity contribution in [3.8, 4) is 11.5 Å². The highest BCUT2D eigenvalue weighted by Crippen LogP contribution is 2.54. The van der Waals surface area contributed by atoms with Crippen molar-refractivity contribution in [1.82, 2.24) is 5.01 Å². The van der Waals surface area contributed by atoms with Crippen molar-refractivity contribution < 1.29 is 14.3 Å². The first kappa shape index (κ1) is 19.5. The number of rotatable bonds is 2. The molecule has 3 aromatic rings. The number of anilines is 1. The number of hydrazone groups is 1. The average molecular weight is 466 g/mol. The zero-order valence-electron chi connectivity index (χ0n) is 16.9. The minimum absolute atomic E-state index is 0.231. The molecular formula is C24H17Cl2N3O3. The van der Waals surface area contributed by atoms with Crippen molar-refractivity contribution in [2.75, 3.05) is 12.4 Å². The summed E-state index contributed by atoms with van der Waals surface area (Å²) < 4.78 is 11.7. The summed E-state index contributed by atoms with van der Waals surface area (Å²) in [4.78, 5) is 13.4. The molecule has 0 fully saturated rings. The van der Waals surface area contributed by atoms with Gasteiger partial charge in [0, 0.05) is 22.0 Å². The van der Waals surface area contributed by atoms with Crippen LogP contribution in [0.3, 0.4) is 0 Å². The van der Waals surface area contributed by atoms with Crippen LogP contribution in [0.25, 0.3) is 0 Å². The highest BCUT2D eigenvalue weighted by molar-refractivity contribution is 6.31. The quantitative estimate of drug-likeness (QED) is 0.553. The van der Waals surface area contributed by atoms with Crippen LogP contribution < -0.4 is 14.8 Å². The van der Waals surface area contributed by atoms with E-state index in [0.717, 1.165) is 22.6 Å². The molecule has 1 amide bonds. The second-order valence-electron chi connectivity index (χ2n) is 7.91. The minimum Gasteiger partial charge on any atom is -0.497 e. The molecule has 2 atom stereocenters. The number of nitrogens with one attached hydrogen (secondary N) is 1. The Morgan fingerprint density at radius 2 is 1.84 bits per heavy atom. The van der Waals surface area contributed by atoms with E-state index >= 15 is 0 Å². The number of ether oxygens (including phenoxy) is 2. The predicted molar refractivity (Wildman–Crippen MR) is 123 cm³/mol. The van der Waals surface area contributed by atoms with Crippen molar-refractivity contribution in [3.05, 3.63) is 87.4 Å². The molecule has 32 heavy (non-hydrogen) atoms. The van der Waals surface area contributed by atoms with Gasteiger partial charge in [0.2, 0.25) is 0 Å². The van der Waals surface area contributed by atoms with Gasteiger partial charge in [0.25, 0.3) is 5.91 Å². The first-order valence-corrected chi connectivity index (χ1v) is 10.9. The van der Waals surface area contributed by atoms with Crippen molar-refractivity contribution in [3.63, 3.8) is 0 Å². The van der Waals surface area contributed by atoms with E-state index < -0.39 is 5.72 Å². The Bertz CT molecular complexity index is 1310. The maximum atomic E-state index is 13.4. The van der Waals surface area contributed by atoms with Gasteiger partial charge in [-0.05, 0) is 66.2 Å². The molecule has 0 aliphatic carbocycles. The molecular weight excluding hydrogens is 449 g/mol. The molecule has 3 aliphatic heterocycles. The minimum atomic E-state index is -1.46. The third kappa shape index (κ3) is 2.66. The second kappa shape index (κ2) is 6.89. The number of fused-ring (bicyclic) bond motifs is 6. The van der Waals surface area contributed by atoms with Gasteiger partial charge in [-0.2, -0.15) is 5.10 Å². The molecule has 6 nitrogen and oxygen atoms in total. The second-order valence-corrected chi connectivity index (χ2v) is 8.78. The third-order valence-corrected chi connectivity index (χ3v) is 6.62. The number of benzene rings is 3. The van der Waals surface area contributed by atoms with Crippen LogP contribution in [0, 0.1) is 0 Å². The number of carbonyl (C=O) groups excluding carboxylic acids is 1. The molecule has 6 rings (SSSR count). The van der Waals surface area contributed by atoms with E-state index in [2.05, 4.69) is 5.32 Å². The van der Waals surface area contributed by atoms with E-state index in [0.29, 0.717) is 33.5 Å². The summed E-state index contributed by atoms with van der Waals surface area (Å²) >= 11 is 12.6. The topological polar surface area (TPSA) is 63.2 Å². The lowest BCUT2D eigenvalue weighted by Gasteiger charge is -2.44. The molecule has 0 radical (unpaired) electrons. The molecule has 0 unspecified atom stereocenters. The van der Waals surface area contributed by atoms with E-state index in [1.54, 1.807) is 42.5 Å². The number of amides is 1. The van der Waals surface area contributed by atoms with E-state index in [4.69, 9.17) is 37.8 Å². The Morgan fingerprint density at radius 3 is 2.62 bits per heavy atom. The van der Waals surface area contributed by atoms with Crippen molar-refractivity contribution in [1.29, 1.82) is 0 Å². The summed E-state index contributed by atoms with van der Waals surface area (Å²) in [6, 6.07) is 18.2. The summed E-state index contributed by atoms with van der Waals surface area (Å²) in [5.74, 6) is 1.06. The fourth-order valence-corrected chi connectivity index (χ4v) is 5.00. The van der Waals surface area contributed by atoms with Crippen LogP contribution in [-0.2, 0) is 10.5 Å². The highest BCUT2D eigenvalue weighted by Gasteiger charge is 2.61. The molecule has 3 aromatic carbocycles. The number of carbonyl (C=O) groups is 1. The lowest BCUT2D eigenvalue weighted by Crippen LogP contribution is -2.55. The van der Waals surface area contributed by atoms with Gasteiger partial charge in [-0.3, -0.25) is 4.79 Å². The van der Waals surface area contributed by atoms with Crippen LogP contribution in [0.15, 0.2) is 65.8 Å². The molecule has 160 valence electrons. The molecule has 8 heteroatoms. The van der Waals surface area contributed by atoms with E-state index in [1.807, 2.05) is 30.3 Å². The molecule has 1 spiro atoms. The number of hydrogen-bond acceptors (Lipinski definition) is 5. The molecule has 0 aromatic heterocycles. The van der Waals surface area contributed by atoms with Gasteiger partial charge in [0.05, 0.1) is 30.1 Å². The lowest BCUT2D eigenvalue weighted by atomic mass is 9.92. The summed E-state index contributed by atoms with van der Waals surface area (Å²) in [5, 5.41) is 10.7. The van der Waals surface area contributed by atoms with Gasteiger partial charge in [-0.25, -0.2) is 5.01 Å². The van der Waals surface area contributed by atoms with Crippen LogP contribution in [0.4, 0.5) is 5.69 Å². The Balaban J connectivity index is 1.55. The first-order chi connectivity index (χ1) is 15.5. The first-order valence-electron chi connectivity index (χ1n) is 10.1. The van der Waals surface area contributed by atoms with Gasteiger partial charge >= 0.3 is 5.72 Å². The summed E-state index contributed by atoms with van der Waals surface area (Å²) in [6.45, 7) is 0.